The van der Waals surface area contributed by atoms with Crippen LogP contribution in [0.3, 0.4) is 0 Å². The maximum atomic E-state index is 6.30. The van der Waals surface area contributed by atoms with Crippen LogP contribution in [0.5, 0.6) is 0 Å². The van der Waals surface area contributed by atoms with Gasteiger partial charge in [0.15, 0.2) is 5.16 Å². The fourth-order valence-electron chi connectivity index (χ4n) is 1.65. The van der Waals surface area contributed by atoms with E-state index in [9.17, 15) is 0 Å². The first-order valence-corrected chi connectivity index (χ1v) is 7.51. The molecule has 0 aliphatic heterocycles. The van der Waals surface area contributed by atoms with Crippen molar-refractivity contribution in [3.8, 4) is 0 Å². The number of aromatic amines is 1. The summed E-state index contributed by atoms with van der Waals surface area (Å²) in [5, 5.41) is 5.03. The lowest BCUT2D eigenvalue weighted by atomic mass is 10.2. The Labute approximate surface area is 123 Å². The summed E-state index contributed by atoms with van der Waals surface area (Å²) in [5.74, 6) is 0.657. The van der Waals surface area contributed by atoms with E-state index in [0.29, 0.717) is 5.92 Å². The number of hydrogen-bond donors (Lipinski definition) is 2. The third-order valence-electron chi connectivity index (χ3n) is 2.56. The minimum absolute atomic E-state index is 0.657. The van der Waals surface area contributed by atoms with Crippen molar-refractivity contribution in [1.29, 1.82) is 0 Å². The van der Waals surface area contributed by atoms with Crippen molar-refractivity contribution >= 4 is 23.4 Å². The monoisotopic (exact) mass is 295 g/mol. The molecule has 0 atom stereocenters. The van der Waals surface area contributed by atoms with Gasteiger partial charge in [0.1, 0.15) is 0 Å². The molecule has 0 spiro atoms. The summed E-state index contributed by atoms with van der Waals surface area (Å²) in [4.78, 5) is 8.25. The van der Waals surface area contributed by atoms with Crippen molar-refractivity contribution in [3.63, 3.8) is 0 Å². The Morgan fingerprint density at radius 1 is 1.42 bits per heavy atom. The first kappa shape index (κ1) is 14.4. The molecule has 1 aromatic carbocycles. The van der Waals surface area contributed by atoms with Crippen molar-refractivity contribution in [2.45, 2.75) is 30.4 Å². The Balaban J connectivity index is 1.97. The predicted octanol–water partition coefficient (Wildman–Crippen LogP) is 3.96. The average molecular weight is 296 g/mol. The van der Waals surface area contributed by atoms with Crippen LogP contribution in [0.15, 0.2) is 40.6 Å². The standard InChI is InChI=1S/C14H18ClN3S/c1-10(2)8-16-9-11-3-4-13(12(15)7-11)19-14-17-5-6-18-14/h3-7,10,16H,8-9H2,1-2H3,(H,17,18). The zero-order chi connectivity index (χ0) is 13.7. The van der Waals surface area contributed by atoms with Crippen LogP contribution < -0.4 is 5.32 Å². The average Bonchev–Trinajstić information content (AvgIpc) is 2.85. The fourth-order valence-corrected chi connectivity index (χ4v) is 2.71. The summed E-state index contributed by atoms with van der Waals surface area (Å²) in [6, 6.07) is 6.16. The van der Waals surface area contributed by atoms with Gasteiger partial charge in [-0.05, 0) is 30.2 Å². The number of imidazole rings is 1. The van der Waals surface area contributed by atoms with Gasteiger partial charge in [-0.2, -0.15) is 0 Å². The Hall–Kier alpha value is -0.970. The predicted molar refractivity (Wildman–Crippen MR) is 80.7 cm³/mol. The Kier molecular flexibility index (Phi) is 5.31. The van der Waals surface area contributed by atoms with Gasteiger partial charge in [-0.3, -0.25) is 0 Å². The molecule has 0 bridgehead atoms. The normalized spacial score (nSPS) is 11.2. The number of nitrogens with one attached hydrogen (secondary N) is 2. The number of H-pyrrole nitrogens is 1. The van der Waals surface area contributed by atoms with E-state index in [1.54, 1.807) is 12.4 Å². The molecule has 5 heteroatoms. The zero-order valence-electron chi connectivity index (χ0n) is 11.1. The lowest BCUT2D eigenvalue weighted by Gasteiger charge is -2.09. The van der Waals surface area contributed by atoms with Gasteiger partial charge in [0.05, 0.1) is 5.02 Å². The molecule has 0 radical (unpaired) electrons. The molecule has 0 aliphatic carbocycles. The van der Waals surface area contributed by atoms with Crippen LogP contribution in [0, 0.1) is 5.92 Å². The van der Waals surface area contributed by atoms with Gasteiger partial charge >= 0.3 is 0 Å². The molecule has 0 amide bonds. The van der Waals surface area contributed by atoms with Gasteiger partial charge in [-0.1, -0.05) is 43.3 Å². The zero-order valence-corrected chi connectivity index (χ0v) is 12.7. The summed E-state index contributed by atoms with van der Waals surface area (Å²) in [6.07, 6.45) is 3.54. The van der Waals surface area contributed by atoms with Gasteiger partial charge in [0.2, 0.25) is 0 Å². The molecule has 2 N–H and O–H groups in total. The molecule has 1 heterocycles. The Bertz CT molecular complexity index is 511. The lowest BCUT2D eigenvalue weighted by Crippen LogP contribution is -2.18. The minimum Gasteiger partial charge on any atom is -0.339 e. The molecular weight excluding hydrogens is 278 g/mol. The van der Waals surface area contributed by atoms with Crippen LogP contribution in [0.1, 0.15) is 19.4 Å². The molecule has 102 valence electrons. The molecule has 0 unspecified atom stereocenters. The SMILES string of the molecule is CC(C)CNCc1ccc(Sc2ncc[nH]2)c(Cl)c1. The van der Waals surface area contributed by atoms with Crippen LogP contribution in [-0.2, 0) is 6.54 Å². The van der Waals surface area contributed by atoms with Gasteiger partial charge in [0.25, 0.3) is 0 Å². The number of hydrogen-bond acceptors (Lipinski definition) is 3. The summed E-state index contributed by atoms with van der Waals surface area (Å²) >= 11 is 7.84. The second-order valence-corrected chi connectivity index (χ2v) is 6.22. The van der Waals surface area contributed by atoms with Crippen LogP contribution in [0.4, 0.5) is 0 Å². The number of nitrogens with zero attached hydrogens (tertiary/aromatic N) is 1. The molecule has 0 fully saturated rings. The van der Waals surface area contributed by atoms with Gasteiger partial charge in [-0.25, -0.2) is 4.98 Å². The number of halogens is 1. The lowest BCUT2D eigenvalue weighted by molar-refractivity contribution is 0.552. The smallest absolute Gasteiger partial charge is 0.170 e. The molecule has 3 nitrogen and oxygen atoms in total. The van der Waals surface area contributed by atoms with E-state index in [4.69, 9.17) is 11.6 Å². The van der Waals surface area contributed by atoms with Crippen LogP contribution in [0.25, 0.3) is 0 Å². The van der Waals surface area contributed by atoms with Crippen molar-refractivity contribution in [2.24, 2.45) is 5.92 Å². The summed E-state index contributed by atoms with van der Waals surface area (Å²) in [7, 11) is 0. The third-order valence-corrected chi connectivity index (χ3v) is 3.98. The second-order valence-electron chi connectivity index (χ2n) is 4.79. The number of aromatic nitrogens is 2. The maximum Gasteiger partial charge on any atom is 0.170 e. The Morgan fingerprint density at radius 3 is 2.89 bits per heavy atom. The maximum absolute atomic E-state index is 6.30. The second kappa shape index (κ2) is 6.98. The van der Waals surface area contributed by atoms with E-state index < -0.39 is 0 Å². The van der Waals surface area contributed by atoms with Gasteiger partial charge in [0, 0.05) is 23.8 Å². The molecular formula is C14H18ClN3S. The van der Waals surface area contributed by atoms with E-state index in [0.717, 1.165) is 28.2 Å². The first-order chi connectivity index (χ1) is 9.15. The van der Waals surface area contributed by atoms with E-state index in [2.05, 4.69) is 35.2 Å². The summed E-state index contributed by atoms with van der Waals surface area (Å²) in [5.41, 5.74) is 1.20. The molecule has 0 saturated heterocycles. The molecule has 19 heavy (non-hydrogen) atoms. The minimum atomic E-state index is 0.657. The quantitative estimate of drug-likeness (QED) is 0.847. The van der Waals surface area contributed by atoms with Crippen molar-refractivity contribution in [2.75, 3.05) is 6.54 Å². The summed E-state index contributed by atoms with van der Waals surface area (Å²) in [6.45, 7) is 6.26. The third kappa shape index (κ3) is 4.56. The molecule has 2 rings (SSSR count). The molecule has 0 aliphatic rings. The topological polar surface area (TPSA) is 40.7 Å². The fraction of sp³-hybridized carbons (Fsp3) is 0.357. The number of benzene rings is 1. The van der Waals surface area contributed by atoms with E-state index in [-0.39, 0.29) is 0 Å². The van der Waals surface area contributed by atoms with Crippen LogP contribution in [0.2, 0.25) is 5.02 Å². The molecule has 2 aromatic rings. The van der Waals surface area contributed by atoms with Crippen LogP contribution in [-0.4, -0.2) is 16.5 Å². The van der Waals surface area contributed by atoms with E-state index >= 15 is 0 Å². The van der Waals surface area contributed by atoms with Crippen LogP contribution >= 0.6 is 23.4 Å². The largest absolute Gasteiger partial charge is 0.339 e. The van der Waals surface area contributed by atoms with Crippen molar-refractivity contribution < 1.29 is 0 Å². The van der Waals surface area contributed by atoms with E-state index in [1.165, 1.54) is 17.3 Å². The van der Waals surface area contributed by atoms with Gasteiger partial charge in [-0.15, -0.1) is 0 Å². The molecule has 1 aromatic heterocycles. The van der Waals surface area contributed by atoms with Crippen molar-refractivity contribution in [1.82, 2.24) is 15.3 Å². The van der Waals surface area contributed by atoms with Gasteiger partial charge < -0.3 is 10.3 Å². The highest BCUT2D eigenvalue weighted by molar-refractivity contribution is 7.99. The van der Waals surface area contributed by atoms with E-state index in [1.807, 2.05) is 12.1 Å². The highest BCUT2D eigenvalue weighted by atomic mass is 35.5. The molecule has 0 saturated carbocycles. The summed E-state index contributed by atoms with van der Waals surface area (Å²) < 4.78 is 0. The Morgan fingerprint density at radius 2 is 2.26 bits per heavy atom. The highest BCUT2D eigenvalue weighted by Gasteiger charge is 2.05. The van der Waals surface area contributed by atoms with Crippen molar-refractivity contribution in [3.05, 3.63) is 41.2 Å². The number of rotatable bonds is 6. The first-order valence-electron chi connectivity index (χ1n) is 6.31. The highest BCUT2D eigenvalue weighted by Crippen LogP contribution is 2.31.